The number of nitrogens with one attached hydrogen (secondary N) is 3. The fourth-order valence-corrected chi connectivity index (χ4v) is 3.85. The Morgan fingerprint density at radius 1 is 1.44 bits per heavy atom. The average Bonchev–Trinajstić information content (AvgIpc) is 3.17. The molecule has 27 heavy (non-hydrogen) atoms. The summed E-state index contributed by atoms with van der Waals surface area (Å²) in [7, 11) is 0. The van der Waals surface area contributed by atoms with Gasteiger partial charge in [-0.2, -0.15) is 0 Å². The summed E-state index contributed by atoms with van der Waals surface area (Å²) in [5, 5.41) is 18.3. The van der Waals surface area contributed by atoms with Crippen molar-refractivity contribution in [1.82, 2.24) is 15.6 Å². The largest absolute Gasteiger partial charge is 0.508 e. The molecule has 1 aromatic carbocycles. The number of thiazole rings is 1. The highest BCUT2D eigenvalue weighted by Crippen LogP contribution is 2.31. The zero-order valence-corrected chi connectivity index (χ0v) is 16.2. The van der Waals surface area contributed by atoms with Crippen LogP contribution in [0.15, 0.2) is 34.3 Å². The third kappa shape index (κ3) is 4.86. The number of aryl methyl sites for hydroxylation is 1. The molecule has 0 unspecified atom stereocenters. The number of aliphatic imine (C=N–C) groups is 1. The van der Waals surface area contributed by atoms with Gasteiger partial charge in [-0.1, -0.05) is 11.3 Å². The van der Waals surface area contributed by atoms with Crippen LogP contribution < -0.4 is 16.0 Å². The molecule has 3 amide bonds. The van der Waals surface area contributed by atoms with Gasteiger partial charge in [-0.25, -0.2) is 14.8 Å². The van der Waals surface area contributed by atoms with Gasteiger partial charge >= 0.3 is 6.03 Å². The molecule has 0 saturated carbocycles. The van der Waals surface area contributed by atoms with Crippen LogP contribution in [0.3, 0.4) is 0 Å². The van der Waals surface area contributed by atoms with E-state index >= 15 is 0 Å². The second kappa shape index (κ2) is 8.23. The van der Waals surface area contributed by atoms with Crippen LogP contribution in [0.2, 0.25) is 0 Å². The lowest BCUT2D eigenvalue weighted by Crippen LogP contribution is -2.28. The van der Waals surface area contributed by atoms with Gasteiger partial charge in [0.15, 0.2) is 10.3 Å². The average molecular weight is 403 g/mol. The number of aromatic hydroxyl groups is 1. The van der Waals surface area contributed by atoms with E-state index in [-0.39, 0.29) is 17.7 Å². The fourth-order valence-electron chi connectivity index (χ4n) is 2.20. The van der Waals surface area contributed by atoms with Crippen molar-refractivity contribution in [1.29, 1.82) is 0 Å². The first-order valence-electron chi connectivity index (χ1n) is 8.04. The third-order valence-corrected chi connectivity index (χ3v) is 5.18. The molecule has 0 bridgehead atoms. The Hall–Kier alpha value is -2.85. The van der Waals surface area contributed by atoms with Gasteiger partial charge in [-0.3, -0.25) is 10.1 Å². The van der Waals surface area contributed by atoms with Gasteiger partial charge in [0.1, 0.15) is 5.75 Å². The monoisotopic (exact) mass is 403 g/mol. The highest BCUT2D eigenvalue weighted by molar-refractivity contribution is 8.18. The van der Waals surface area contributed by atoms with Crippen molar-refractivity contribution in [2.45, 2.75) is 13.8 Å². The van der Waals surface area contributed by atoms with Crippen molar-refractivity contribution in [2.75, 3.05) is 11.9 Å². The van der Waals surface area contributed by atoms with Crippen molar-refractivity contribution in [3.63, 3.8) is 0 Å². The van der Waals surface area contributed by atoms with E-state index in [1.165, 1.54) is 23.1 Å². The Labute approximate surface area is 163 Å². The number of anilines is 1. The minimum absolute atomic E-state index is 0.169. The van der Waals surface area contributed by atoms with Crippen molar-refractivity contribution >= 4 is 57.1 Å². The van der Waals surface area contributed by atoms with Crippen LogP contribution in [-0.2, 0) is 4.79 Å². The quantitative estimate of drug-likeness (QED) is 0.585. The predicted octanol–water partition coefficient (Wildman–Crippen LogP) is 3.19. The van der Waals surface area contributed by atoms with Gasteiger partial charge in [-0.05, 0) is 55.4 Å². The van der Waals surface area contributed by atoms with Gasteiger partial charge in [0.2, 0.25) is 0 Å². The molecule has 1 aliphatic rings. The summed E-state index contributed by atoms with van der Waals surface area (Å²) in [6, 6.07) is 4.52. The second-order valence-corrected chi connectivity index (χ2v) is 7.60. The summed E-state index contributed by atoms with van der Waals surface area (Å²) in [6.07, 6.45) is 3.29. The summed E-state index contributed by atoms with van der Waals surface area (Å²) in [4.78, 5) is 33.4. The smallest absolute Gasteiger partial charge is 0.321 e. The Morgan fingerprint density at radius 2 is 2.26 bits per heavy atom. The fraction of sp³-hybridized carbons (Fsp3) is 0.176. The molecule has 0 aliphatic carbocycles. The molecule has 2 heterocycles. The summed E-state index contributed by atoms with van der Waals surface area (Å²) in [5.41, 5.74) is 1.47. The zero-order valence-electron chi connectivity index (χ0n) is 14.6. The van der Waals surface area contributed by atoms with Gasteiger partial charge < -0.3 is 15.7 Å². The van der Waals surface area contributed by atoms with E-state index in [1.807, 2.05) is 13.8 Å². The normalized spacial score (nSPS) is 16.6. The van der Waals surface area contributed by atoms with E-state index < -0.39 is 0 Å². The maximum Gasteiger partial charge on any atom is 0.321 e. The molecule has 1 aliphatic heterocycles. The molecule has 2 aromatic rings. The number of thioether (sulfide) groups is 1. The van der Waals surface area contributed by atoms with Crippen LogP contribution in [0.4, 0.5) is 15.6 Å². The lowest BCUT2D eigenvalue weighted by molar-refractivity contribution is -0.115. The van der Waals surface area contributed by atoms with Crippen molar-refractivity contribution in [3.05, 3.63) is 39.7 Å². The Bertz CT molecular complexity index is 952. The first kappa shape index (κ1) is 18.9. The molecule has 4 N–H and O–H groups in total. The molecule has 1 fully saturated rings. The minimum Gasteiger partial charge on any atom is -0.508 e. The predicted molar refractivity (Wildman–Crippen MR) is 108 cm³/mol. The van der Waals surface area contributed by atoms with E-state index in [0.29, 0.717) is 27.4 Å². The number of rotatable bonds is 4. The number of benzene rings is 1. The molecule has 8 nitrogen and oxygen atoms in total. The summed E-state index contributed by atoms with van der Waals surface area (Å²) >= 11 is 2.48. The van der Waals surface area contributed by atoms with Crippen LogP contribution >= 0.6 is 23.1 Å². The molecule has 0 spiro atoms. The number of carbonyl (C=O) groups is 2. The standard InChI is InChI=1S/C17H17N5O3S2/c1-3-18-15(25)22-16-19-8-11(26-16)7-13-14(24)21-17(27-13)20-12-5-4-10(23)6-9(12)2/h4-8,23H,3H2,1-2H3,(H,20,21,24)(H2,18,19,22,25)/b13-7-. The molecule has 1 saturated heterocycles. The summed E-state index contributed by atoms with van der Waals surface area (Å²) in [6.45, 7) is 4.18. The first-order valence-corrected chi connectivity index (χ1v) is 9.68. The number of amidine groups is 1. The maximum absolute atomic E-state index is 12.2. The SMILES string of the molecule is CCNC(=O)Nc1ncc(/C=C2\S/C(=N\c3ccc(O)cc3C)NC2=O)s1. The summed E-state index contributed by atoms with van der Waals surface area (Å²) < 4.78 is 0. The lowest BCUT2D eigenvalue weighted by Gasteiger charge is -2.01. The number of phenols is 1. The van der Waals surface area contributed by atoms with Gasteiger partial charge in [0.25, 0.3) is 5.91 Å². The number of phenolic OH excluding ortho intramolecular Hbond substituents is 1. The van der Waals surface area contributed by atoms with Crippen molar-refractivity contribution < 1.29 is 14.7 Å². The Morgan fingerprint density at radius 3 is 3.00 bits per heavy atom. The number of nitrogens with zero attached hydrogens (tertiary/aromatic N) is 2. The number of aromatic nitrogens is 1. The molecule has 0 atom stereocenters. The van der Waals surface area contributed by atoms with Crippen LogP contribution in [-0.4, -0.2) is 33.7 Å². The van der Waals surface area contributed by atoms with Crippen LogP contribution in [0.5, 0.6) is 5.75 Å². The highest BCUT2D eigenvalue weighted by atomic mass is 32.2. The van der Waals surface area contributed by atoms with E-state index in [1.54, 1.807) is 30.5 Å². The first-order chi connectivity index (χ1) is 12.9. The number of hydrogen-bond acceptors (Lipinski definition) is 7. The number of urea groups is 1. The molecule has 10 heteroatoms. The van der Waals surface area contributed by atoms with Crippen LogP contribution in [0.1, 0.15) is 17.4 Å². The van der Waals surface area contributed by atoms with Crippen LogP contribution in [0.25, 0.3) is 6.08 Å². The maximum atomic E-state index is 12.2. The van der Waals surface area contributed by atoms with E-state index in [0.717, 1.165) is 10.4 Å². The molecule has 3 rings (SSSR count). The molecule has 0 radical (unpaired) electrons. The summed E-state index contributed by atoms with van der Waals surface area (Å²) in [5.74, 6) is -0.0795. The lowest BCUT2D eigenvalue weighted by atomic mass is 10.2. The van der Waals surface area contributed by atoms with Crippen LogP contribution in [0, 0.1) is 6.92 Å². The second-order valence-electron chi connectivity index (χ2n) is 5.50. The number of hydrogen-bond donors (Lipinski definition) is 4. The van der Waals surface area contributed by atoms with Crippen molar-refractivity contribution in [2.24, 2.45) is 4.99 Å². The number of amides is 3. The Kier molecular flexibility index (Phi) is 5.77. The topological polar surface area (TPSA) is 116 Å². The van der Waals surface area contributed by atoms with E-state index in [2.05, 4.69) is 25.9 Å². The number of carbonyl (C=O) groups excluding carboxylic acids is 2. The van der Waals surface area contributed by atoms with E-state index in [9.17, 15) is 14.7 Å². The highest BCUT2D eigenvalue weighted by Gasteiger charge is 2.24. The zero-order chi connectivity index (χ0) is 19.4. The van der Waals surface area contributed by atoms with Gasteiger partial charge in [-0.15, -0.1) is 0 Å². The molecule has 1 aromatic heterocycles. The van der Waals surface area contributed by atoms with Crippen molar-refractivity contribution in [3.8, 4) is 5.75 Å². The van der Waals surface area contributed by atoms with Gasteiger partial charge in [0, 0.05) is 12.7 Å². The molecule has 140 valence electrons. The third-order valence-electron chi connectivity index (χ3n) is 3.41. The minimum atomic E-state index is -0.322. The Balaban J connectivity index is 1.73. The van der Waals surface area contributed by atoms with Gasteiger partial charge in [0.05, 0.1) is 15.5 Å². The molecular weight excluding hydrogens is 386 g/mol. The van der Waals surface area contributed by atoms with E-state index in [4.69, 9.17) is 0 Å². The molecular formula is C17H17N5O3S2.